The van der Waals surface area contributed by atoms with Crippen molar-refractivity contribution in [3.05, 3.63) is 0 Å². The second-order valence-electron chi connectivity index (χ2n) is 6.65. The van der Waals surface area contributed by atoms with Crippen LogP contribution < -0.4 is 0 Å². The largest absolute Gasteiger partial charge is 0.481 e. The topological polar surface area (TPSA) is 46.5 Å². The van der Waals surface area contributed by atoms with Crippen LogP contribution in [0.1, 0.15) is 66.2 Å². The van der Waals surface area contributed by atoms with E-state index >= 15 is 0 Å². The molecule has 1 rings (SSSR count). The molecule has 1 aliphatic rings. The van der Waals surface area contributed by atoms with Crippen LogP contribution in [0.4, 0.5) is 0 Å². The minimum atomic E-state index is -0.630. The molecule has 3 nitrogen and oxygen atoms in total. The number of aliphatic carboxylic acids is 1. The van der Waals surface area contributed by atoms with Gasteiger partial charge < -0.3 is 9.84 Å². The molecule has 0 saturated heterocycles. The van der Waals surface area contributed by atoms with E-state index in [2.05, 4.69) is 6.92 Å². The lowest BCUT2D eigenvalue weighted by molar-refractivity contribution is -0.154. The molecule has 0 radical (unpaired) electrons. The number of carbonyl (C=O) groups is 1. The van der Waals surface area contributed by atoms with Gasteiger partial charge in [0.1, 0.15) is 0 Å². The minimum Gasteiger partial charge on any atom is -0.481 e. The highest BCUT2D eigenvalue weighted by Gasteiger charge is 2.41. The third-order valence-corrected chi connectivity index (χ3v) is 4.21. The Kier molecular flexibility index (Phi) is 5.20. The van der Waals surface area contributed by atoms with Crippen LogP contribution in [0.2, 0.25) is 0 Å². The molecule has 0 bridgehead atoms. The van der Waals surface area contributed by atoms with Crippen LogP contribution in [0.3, 0.4) is 0 Å². The van der Waals surface area contributed by atoms with Gasteiger partial charge in [0.25, 0.3) is 0 Å². The molecular formula is C15H28O3. The Labute approximate surface area is 111 Å². The number of hydrogen-bond donors (Lipinski definition) is 1. The van der Waals surface area contributed by atoms with Crippen molar-refractivity contribution in [2.24, 2.45) is 11.3 Å². The van der Waals surface area contributed by atoms with E-state index in [1.54, 1.807) is 0 Å². The highest BCUT2D eigenvalue weighted by atomic mass is 16.5. The molecule has 106 valence electrons. The smallest absolute Gasteiger partial charge is 0.309 e. The Morgan fingerprint density at radius 2 is 1.89 bits per heavy atom. The Balaban J connectivity index is 2.53. The SMILES string of the molecule is CCC1CCC(CCOC(C)(C)C)(C(=O)O)CC1. The predicted octanol–water partition coefficient (Wildman–Crippen LogP) is 3.86. The van der Waals surface area contributed by atoms with Gasteiger partial charge in [-0.25, -0.2) is 0 Å². The van der Waals surface area contributed by atoms with Crippen molar-refractivity contribution in [2.45, 2.75) is 71.8 Å². The quantitative estimate of drug-likeness (QED) is 0.812. The molecule has 0 aromatic carbocycles. The van der Waals surface area contributed by atoms with Gasteiger partial charge in [-0.1, -0.05) is 13.3 Å². The normalized spacial score (nSPS) is 29.2. The van der Waals surface area contributed by atoms with Gasteiger partial charge in [-0.15, -0.1) is 0 Å². The molecule has 1 aliphatic carbocycles. The summed E-state index contributed by atoms with van der Waals surface area (Å²) in [6.07, 6.45) is 5.56. The van der Waals surface area contributed by atoms with Gasteiger partial charge >= 0.3 is 5.97 Å². The molecular weight excluding hydrogens is 228 g/mol. The van der Waals surface area contributed by atoms with E-state index in [0.717, 1.165) is 31.6 Å². The maximum absolute atomic E-state index is 11.6. The van der Waals surface area contributed by atoms with E-state index in [-0.39, 0.29) is 5.60 Å². The van der Waals surface area contributed by atoms with Crippen LogP contribution in [0.5, 0.6) is 0 Å². The zero-order chi connectivity index (χ0) is 13.8. The van der Waals surface area contributed by atoms with E-state index in [1.165, 1.54) is 6.42 Å². The first-order valence-electron chi connectivity index (χ1n) is 7.16. The first-order valence-corrected chi connectivity index (χ1v) is 7.16. The lowest BCUT2D eigenvalue weighted by Crippen LogP contribution is -2.37. The number of hydrogen-bond acceptors (Lipinski definition) is 2. The van der Waals surface area contributed by atoms with Crippen LogP contribution >= 0.6 is 0 Å². The third-order valence-electron chi connectivity index (χ3n) is 4.21. The van der Waals surface area contributed by atoms with Gasteiger partial charge in [-0.3, -0.25) is 4.79 Å². The molecule has 1 saturated carbocycles. The number of ether oxygens (including phenoxy) is 1. The summed E-state index contributed by atoms with van der Waals surface area (Å²) in [5, 5.41) is 9.52. The van der Waals surface area contributed by atoms with Crippen molar-refractivity contribution in [3.63, 3.8) is 0 Å². The Hall–Kier alpha value is -0.570. The fourth-order valence-electron chi connectivity index (χ4n) is 2.76. The molecule has 0 aromatic rings. The summed E-state index contributed by atoms with van der Waals surface area (Å²) in [7, 11) is 0. The molecule has 0 aliphatic heterocycles. The summed E-state index contributed by atoms with van der Waals surface area (Å²) >= 11 is 0. The number of carboxylic acids is 1. The lowest BCUT2D eigenvalue weighted by atomic mass is 9.68. The van der Waals surface area contributed by atoms with Crippen molar-refractivity contribution >= 4 is 5.97 Å². The van der Waals surface area contributed by atoms with E-state index < -0.39 is 11.4 Å². The zero-order valence-corrected chi connectivity index (χ0v) is 12.3. The average molecular weight is 256 g/mol. The Morgan fingerprint density at radius 1 is 1.33 bits per heavy atom. The summed E-state index contributed by atoms with van der Waals surface area (Å²) in [6, 6.07) is 0. The molecule has 1 N–H and O–H groups in total. The molecule has 0 spiro atoms. The highest BCUT2D eigenvalue weighted by molar-refractivity contribution is 5.74. The maximum atomic E-state index is 11.6. The number of carboxylic acid groups (broad SMARTS) is 1. The molecule has 0 amide bonds. The Morgan fingerprint density at radius 3 is 2.28 bits per heavy atom. The van der Waals surface area contributed by atoms with Gasteiger partial charge in [0.05, 0.1) is 11.0 Å². The number of rotatable bonds is 5. The predicted molar refractivity (Wildman–Crippen MR) is 72.6 cm³/mol. The Bertz CT molecular complexity index is 270. The maximum Gasteiger partial charge on any atom is 0.309 e. The van der Waals surface area contributed by atoms with E-state index in [0.29, 0.717) is 13.0 Å². The highest BCUT2D eigenvalue weighted by Crippen LogP contribution is 2.43. The molecule has 0 aromatic heterocycles. The van der Waals surface area contributed by atoms with Crippen molar-refractivity contribution in [1.29, 1.82) is 0 Å². The second-order valence-corrected chi connectivity index (χ2v) is 6.65. The minimum absolute atomic E-state index is 0.180. The summed E-state index contributed by atoms with van der Waals surface area (Å²) in [4.78, 5) is 11.6. The molecule has 0 heterocycles. The summed E-state index contributed by atoms with van der Waals surface area (Å²) in [5.41, 5.74) is -0.711. The van der Waals surface area contributed by atoms with Crippen LogP contribution in [-0.2, 0) is 9.53 Å². The van der Waals surface area contributed by atoms with Crippen molar-refractivity contribution in [3.8, 4) is 0 Å². The summed E-state index contributed by atoms with van der Waals surface area (Å²) < 4.78 is 5.70. The average Bonchev–Trinajstić information content (AvgIpc) is 2.28. The first-order chi connectivity index (χ1) is 8.29. The van der Waals surface area contributed by atoms with Gasteiger partial charge in [-0.2, -0.15) is 0 Å². The molecule has 1 fully saturated rings. The molecule has 18 heavy (non-hydrogen) atoms. The standard InChI is InChI=1S/C15H28O3/c1-5-12-6-8-15(9-7-12,13(16)17)10-11-18-14(2,3)4/h12H,5-11H2,1-4H3,(H,16,17). The zero-order valence-electron chi connectivity index (χ0n) is 12.3. The van der Waals surface area contributed by atoms with Gasteiger partial charge in [0, 0.05) is 6.61 Å². The van der Waals surface area contributed by atoms with Crippen molar-refractivity contribution in [2.75, 3.05) is 6.61 Å². The lowest BCUT2D eigenvalue weighted by Gasteiger charge is -2.37. The van der Waals surface area contributed by atoms with Crippen molar-refractivity contribution in [1.82, 2.24) is 0 Å². The van der Waals surface area contributed by atoms with Crippen molar-refractivity contribution < 1.29 is 14.6 Å². The summed E-state index contributed by atoms with van der Waals surface area (Å²) in [5.74, 6) is 0.0931. The molecule has 0 atom stereocenters. The van der Waals surface area contributed by atoms with Gasteiger partial charge in [0.15, 0.2) is 0 Å². The summed E-state index contributed by atoms with van der Waals surface area (Å²) in [6.45, 7) is 8.77. The monoisotopic (exact) mass is 256 g/mol. The second kappa shape index (κ2) is 6.05. The molecule has 3 heteroatoms. The fraction of sp³-hybridized carbons (Fsp3) is 0.933. The van der Waals surface area contributed by atoms with Crippen LogP contribution in [0.15, 0.2) is 0 Å². The van der Waals surface area contributed by atoms with Gasteiger partial charge in [-0.05, 0) is 58.8 Å². The van der Waals surface area contributed by atoms with Gasteiger partial charge in [0.2, 0.25) is 0 Å². The van der Waals surface area contributed by atoms with E-state index in [1.807, 2.05) is 20.8 Å². The van der Waals surface area contributed by atoms with Crippen LogP contribution in [-0.4, -0.2) is 23.3 Å². The first kappa shape index (κ1) is 15.5. The van der Waals surface area contributed by atoms with Crippen LogP contribution in [0.25, 0.3) is 0 Å². The van der Waals surface area contributed by atoms with Crippen LogP contribution in [0, 0.1) is 11.3 Å². The third kappa shape index (κ3) is 4.27. The fourth-order valence-corrected chi connectivity index (χ4v) is 2.76. The van der Waals surface area contributed by atoms with E-state index in [9.17, 15) is 9.90 Å². The molecule has 0 unspecified atom stereocenters. The van der Waals surface area contributed by atoms with E-state index in [4.69, 9.17) is 4.74 Å².